The summed E-state index contributed by atoms with van der Waals surface area (Å²) in [7, 11) is 1.62. The van der Waals surface area contributed by atoms with Crippen molar-refractivity contribution in [3.63, 3.8) is 0 Å². The number of rotatable bonds is 7. The average Bonchev–Trinajstić information content (AvgIpc) is 2.54. The second kappa shape index (κ2) is 8.01. The Balaban J connectivity index is 1.85. The Morgan fingerprint density at radius 1 is 1.19 bits per heavy atom. The van der Waals surface area contributed by atoms with Crippen molar-refractivity contribution in [1.29, 1.82) is 0 Å². The molecule has 0 aliphatic rings. The van der Waals surface area contributed by atoms with Crippen LogP contribution in [0.2, 0.25) is 0 Å². The third kappa shape index (κ3) is 4.89. The number of amides is 1. The highest BCUT2D eigenvalue weighted by atomic mass is 16.5. The van der Waals surface area contributed by atoms with Gasteiger partial charge in [0.05, 0.1) is 6.61 Å². The average molecular weight is 286 g/mol. The van der Waals surface area contributed by atoms with Crippen LogP contribution in [0, 0.1) is 0 Å². The highest BCUT2D eigenvalue weighted by Gasteiger charge is 2.05. The molecule has 1 heterocycles. The lowest BCUT2D eigenvalue weighted by Crippen LogP contribution is -2.22. The van der Waals surface area contributed by atoms with Gasteiger partial charge in [-0.25, -0.2) is 0 Å². The van der Waals surface area contributed by atoms with E-state index >= 15 is 0 Å². The molecule has 0 radical (unpaired) electrons. The van der Waals surface area contributed by atoms with E-state index < -0.39 is 0 Å². The van der Waals surface area contributed by atoms with Crippen LogP contribution in [0.5, 0.6) is 5.75 Å². The zero-order valence-corrected chi connectivity index (χ0v) is 11.9. The van der Waals surface area contributed by atoms with Gasteiger partial charge < -0.3 is 14.8 Å². The number of aromatic nitrogens is 1. The van der Waals surface area contributed by atoms with Crippen molar-refractivity contribution in [2.75, 3.05) is 20.3 Å². The lowest BCUT2D eigenvalue weighted by molar-refractivity contribution is 0.0951. The number of benzene rings is 1. The fraction of sp³-hybridized carbons (Fsp3) is 0.250. The third-order valence-corrected chi connectivity index (χ3v) is 2.85. The van der Waals surface area contributed by atoms with Crippen molar-refractivity contribution in [1.82, 2.24) is 10.3 Å². The fourth-order valence-electron chi connectivity index (χ4n) is 1.73. The largest absolute Gasteiger partial charge is 0.491 e. The minimum absolute atomic E-state index is 0.123. The number of hydrogen-bond acceptors (Lipinski definition) is 4. The molecule has 110 valence electrons. The highest BCUT2D eigenvalue weighted by molar-refractivity contribution is 5.94. The van der Waals surface area contributed by atoms with Crippen LogP contribution in [-0.2, 0) is 11.3 Å². The van der Waals surface area contributed by atoms with E-state index in [-0.39, 0.29) is 5.91 Å². The van der Waals surface area contributed by atoms with E-state index in [4.69, 9.17) is 9.47 Å². The molecule has 0 bridgehead atoms. The molecule has 21 heavy (non-hydrogen) atoms. The van der Waals surface area contributed by atoms with Gasteiger partial charge in [0.2, 0.25) is 0 Å². The molecule has 1 amide bonds. The summed E-state index contributed by atoms with van der Waals surface area (Å²) in [5, 5.41) is 2.85. The Hall–Kier alpha value is -2.40. The molecule has 2 aromatic rings. The predicted molar refractivity (Wildman–Crippen MR) is 79.2 cm³/mol. The molecule has 0 spiro atoms. The van der Waals surface area contributed by atoms with Crippen molar-refractivity contribution in [3.8, 4) is 5.75 Å². The topological polar surface area (TPSA) is 60.5 Å². The third-order valence-electron chi connectivity index (χ3n) is 2.85. The van der Waals surface area contributed by atoms with Crippen molar-refractivity contribution < 1.29 is 14.3 Å². The molecule has 0 unspecified atom stereocenters. The van der Waals surface area contributed by atoms with Gasteiger partial charge in [-0.15, -0.1) is 0 Å². The summed E-state index contributed by atoms with van der Waals surface area (Å²) in [6.07, 6.45) is 3.43. The molecule has 0 saturated carbocycles. The van der Waals surface area contributed by atoms with Gasteiger partial charge in [-0.3, -0.25) is 9.78 Å². The van der Waals surface area contributed by atoms with Crippen LogP contribution in [0.3, 0.4) is 0 Å². The highest BCUT2D eigenvalue weighted by Crippen LogP contribution is 2.12. The first-order valence-electron chi connectivity index (χ1n) is 6.68. The van der Waals surface area contributed by atoms with Crippen LogP contribution in [0.1, 0.15) is 15.9 Å². The molecule has 0 saturated heterocycles. The molecular weight excluding hydrogens is 268 g/mol. The summed E-state index contributed by atoms with van der Waals surface area (Å²) in [5.41, 5.74) is 1.56. The van der Waals surface area contributed by atoms with Crippen LogP contribution >= 0.6 is 0 Å². The van der Waals surface area contributed by atoms with Gasteiger partial charge in [-0.2, -0.15) is 0 Å². The number of nitrogens with one attached hydrogen (secondary N) is 1. The lowest BCUT2D eigenvalue weighted by atomic mass is 10.2. The van der Waals surface area contributed by atoms with Crippen LogP contribution in [0.15, 0.2) is 48.8 Å². The minimum Gasteiger partial charge on any atom is -0.491 e. The molecular formula is C16H18N2O3. The number of methoxy groups -OCH3 is 1. The van der Waals surface area contributed by atoms with Crippen molar-refractivity contribution in [3.05, 3.63) is 59.9 Å². The first-order chi connectivity index (χ1) is 10.3. The van der Waals surface area contributed by atoms with Crippen molar-refractivity contribution >= 4 is 5.91 Å². The van der Waals surface area contributed by atoms with Crippen molar-refractivity contribution in [2.24, 2.45) is 0 Å². The minimum atomic E-state index is -0.123. The number of nitrogens with zero attached hydrogens (tertiary/aromatic N) is 1. The zero-order valence-electron chi connectivity index (χ0n) is 11.9. The summed E-state index contributed by atoms with van der Waals surface area (Å²) < 4.78 is 10.4. The van der Waals surface area contributed by atoms with Gasteiger partial charge in [0.1, 0.15) is 12.4 Å². The van der Waals surface area contributed by atoms with Gasteiger partial charge in [-0.05, 0) is 35.9 Å². The Morgan fingerprint density at radius 3 is 2.67 bits per heavy atom. The molecule has 1 aromatic heterocycles. The van der Waals surface area contributed by atoms with Gasteiger partial charge in [0, 0.05) is 31.6 Å². The van der Waals surface area contributed by atoms with Crippen LogP contribution in [0.4, 0.5) is 0 Å². The van der Waals surface area contributed by atoms with E-state index in [1.54, 1.807) is 43.8 Å². The van der Waals surface area contributed by atoms with E-state index in [0.29, 0.717) is 25.3 Å². The molecule has 0 aliphatic carbocycles. The molecule has 0 atom stereocenters. The summed E-state index contributed by atoms with van der Waals surface area (Å²) >= 11 is 0. The second-order valence-electron chi connectivity index (χ2n) is 4.41. The number of carbonyl (C=O) groups is 1. The fourth-order valence-corrected chi connectivity index (χ4v) is 1.73. The first-order valence-corrected chi connectivity index (χ1v) is 6.68. The van der Waals surface area contributed by atoms with E-state index in [1.165, 1.54) is 0 Å². The zero-order chi connectivity index (χ0) is 14.9. The van der Waals surface area contributed by atoms with E-state index in [0.717, 1.165) is 11.3 Å². The van der Waals surface area contributed by atoms with E-state index in [9.17, 15) is 4.79 Å². The number of pyridine rings is 1. The summed E-state index contributed by atoms with van der Waals surface area (Å²) in [6, 6.07) is 10.8. The number of ether oxygens (including phenoxy) is 2. The van der Waals surface area contributed by atoms with Gasteiger partial charge in [-0.1, -0.05) is 6.07 Å². The van der Waals surface area contributed by atoms with Gasteiger partial charge >= 0.3 is 0 Å². The Bertz CT molecular complexity index is 555. The smallest absolute Gasteiger partial charge is 0.251 e. The van der Waals surface area contributed by atoms with Crippen LogP contribution < -0.4 is 10.1 Å². The molecule has 5 nitrogen and oxygen atoms in total. The molecule has 2 rings (SSSR count). The molecule has 1 aromatic carbocycles. The number of carbonyl (C=O) groups excluding carboxylic acids is 1. The van der Waals surface area contributed by atoms with E-state index in [1.807, 2.05) is 12.1 Å². The van der Waals surface area contributed by atoms with Crippen LogP contribution in [-0.4, -0.2) is 31.2 Å². The molecule has 0 fully saturated rings. The Morgan fingerprint density at radius 2 is 2.00 bits per heavy atom. The maximum absolute atomic E-state index is 12.0. The Kier molecular flexibility index (Phi) is 5.72. The maximum Gasteiger partial charge on any atom is 0.251 e. The summed E-state index contributed by atoms with van der Waals surface area (Å²) in [6.45, 7) is 1.48. The van der Waals surface area contributed by atoms with Gasteiger partial charge in [0.25, 0.3) is 5.91 Å². The molecule has 0 aliphatic heterocycles. The van der Waals surface area contributed by atoms with Gasteiger partial charge in [0.15, 0.2) is 0 Å². The van der Waals surface area contributed by atoms with Crippen molar-refractivity contribution in [2.45, 2.75) is 6.54 Å². The van der Waals surface area contributed by atoms with E-state index in [2.05, 4.69) is 10.3 Å². The number of hydrogen-bond donors (Lipinski definition) is 1. The standard InChI is InChI=1S/C16H18N2O3/c1-20-9-10-21-15-6-4-14(5-7-15)16(19)18-12-13-3-2-8-17-11-13/h2-8,11H,9-10,12H2,1H3,(H,18,19). The maximum atomic E-state index is 12.0. The Labute approximate surface area is 123 Å². The second-order valence-corrected chi connectivity index (χ2v) is 4.41. The lowest BCUT2D eigenvalue weighted by Gasteiger charge is -2.07. The predicted octanol–water partition coefficient (Wildman–Crippen LogP) is 2.04. The normalized spacial score (nSPS) is 10.1. The van der Waals surface area contributed by atoms with Crippen LogP contribution in [0.25, 0.3) is 0 Å². The SMILES string of the molecule is COCCOc1ccc(C(=O)NCc2cccnc2)cc1. The molecule has 5 heteroatoms. The summed E-state index contributed by atoms with van der Waals surface area (Å²) in [5.74, 6) is 0.596. The molecule has 1 N–H and O–H groups in total. The first kappa shape index (κ1) is 15.0. The summed E-state index contributed by atoms with van der Waals surface area (Å²) in [4.78, 5) is 16.0. The monoisotopic (exact) mass is 286 g/mol. The quantitative estimate of drug-likeness (QED) is 0.791.